The molecular formula is C24H20N4O3. The highest BCUT2D eigenvalue weighted by Crippen LogP contribution is 2.31. The largest absolute Gasteiger partial charge is 0.407 e. The SMILES string of the molecule is O=C(Cc1ccc2ccccc2c1)Nc1nnc(C2CC(=O)N(c3ccccc3)C2)o1. The lowest BCUT2D eigenvalue weighted by molar-refractivity contribution is -0.117. The molecule has 4 aromatic rings. The van der Waals surface area contributed by atoms with E-state index < -0.39 is 0 Å². The molecule has 2 amide bonds. The Bertz CT molecular complexity index is 1250. The van der Waals surface area contributed by atoms with Gasteiger partial charge in [0.25, 0.3) is 0 Å². The van der Waals surface area contributed by atoms with E-state index >= 15 is 0 Å². The number of amides is 2. The maximum absolute atomic E-state index is 12.4. The van der Waals surface area contributed by atoms with Crippen molar-refractivity contribution in [2.75, 3.05) is 16.8 Å². The molecule has 0 radical (unpaired) electrons. The van der Waals surface area contributed by atoms with Crippen LogP contribution in [0.1, 0.15) is 23.8 Å². The van der Waals surface area contributed by atoms with Crippen LogP contribution in [0.25, 0.3) is 10.8 Å². The van der Waals surface area contributed by atoms with E-state index in [9.17, 15) is 9.59 Å². The molecule has 0 saturated carbocycles. The van der Waals surface area contributed by atoms with Crippen molar-refractivity contribution in [2.24, 2.45) is 0 Å². The van der Waals surface area contributed by atoms with Crippen molar-refractivity contribution in [2.45, 2.75) is 18.8 Å². The number of rotatable bonds is 5. The molecule has 1 aliphatic heterocycles. The Morgan fingerprint density at radius 2 is 1.77 bits per heavy atom. The van der Waals surface area contributed by atoms with Gasteiger partial charge in [0.1, 0.15) is 0 Å². The third-order valence-corrected chi connectivity index (χ3v) is 5.41. The predicted molar refractivity (Wildman–Crippen MR) is 117 cm³/mol. The van der Waals surface area contributed by atoms with Crippen LogP contribution in [0.3, 0.4) is 0 Å². The van der Waals surface area contributed by atoms with Crippen molar-refractivity contribution in [3.63, 3.8) is 0 Å². The van der Waals surface area contributed by atoms with Gasteiger partial charge in [0.05, 0.1) is 12.3 Å². The summed E-state index contributed by atoms with van der Waals surface area (Å²) < 4.78 is 5.65. The third kappa shape index (κ3) is 4.02. The summed E-state index contributed by atoms with van der Waals surface area (Å²) in [6.07, 6.45) is 0.494. The second kappa shape index (κ2) is 8.02. The minimum Gasteiger partial charge on any atom is -0.407 e. The predicted octanol–water partition coefficient (Wildman–Crippen LogP) is 3.92. The van der Waals surface area contributed by atoms with Crippen molar-refractivity contribution in [3.8, 4) is 0 Å². The van der Waals surface area contributed by atoms with Gasteiger partial charge in [-0.25, -0.2) is 0 Å². The quantitative estimate of drug-likeness (QED) is 0.537. The molecule has 154 valence electrons. The van der Waals surface area contributed by atoms with Gasteiger partial charge in [0.15, 0.2) is 0 Å². The molecule has 1 saturated heterocycles. The molecule has 1 aromatic heterocycles. The van der Waals surface area contributed by atoms with Crippen LogP contribution < -0.4 is 10.2 Å². The Morgan fingerprint density at radius 1 is 1.00 bits per heavy atom. The number of carbonyl (C=O) groups excluding carboxylic acids is 2. The molecule has 1 aliphatic rings. The Kier molecular flexibility index (Phi) is 4.92. The van der Waals surface area contributed by atoms with Crippen LogP contribution in [0, 0.1) is 0 Å². The Balaban J connectivity index is 1.23. The fourth-order valence-electron chi connectivity index (χ4n) is 3.88. The smallest absolute Gasteiger partial charge is 0.322 e. The fraction of sp³-hybridized carbons (Fsp3) is 0.167. The van der Waals surface area contributed by atoms with E-state index in [-0.39, 0.29) is 30.2 Å². The highest BCUT2D eigenvalue weighted by Gasteiger charge is 2.35. The van der Waals surface area contributed by atoms with Gasteiger partial charge < -0.3 is 9.32 Å². The van der Waals surface area contributed by atoms with Gasteiger partial charge in [-0.15, -0.1) is 5.10 Å². The zero-order chi connectivity index (χ0) is 21.2. The average molecular weight is 412 g/mol. The molecular weight excluding hydrogens is 392 g/mol. The van der Waals surface area contributed by atoms with Crippen LogP contribution in [-0.2, 0) is 16.0 Å². The Labute approximate surface area is 178 Å². The van der Waals surface area contributed by atoms with Crippen LogP contribution in [-0.4, -0.2) is 28.6 Å². The van der Waals surface area contributed by atoms with Crippen molar-refractivity contribution >= 4 is 34.3 Å². The number of para-hydroxylation sites is 1. The summed E-state index contributed by atoms with van der Waals surface area (Å²) in [5.41, 5.74) is 1.74. The molecule has 1 N–H and O–H groups in total. The van der Waals surface area contributed by atoms with Gasteiger partial charge in [0, 0.05) is 18.7 Å². The van der Waals surface area contributed by atoms with Gasteiger partial charge in [-0.2, -0.15) is 0 Å². The lowest BCUT2D eigenvalue weighted by atomic mass is 10.1. The molecule has 31 heavy (non-hydrogen) atoms. The summed E-state index contributed by atoms with van der Waals surface area (Å²) in [6, 6.07) is 23.5. The number of hydrogen-bond acceptors (Lipinski definition) is 5. The van der Waals surface area contributed by atoms with Crippen LogP contribution in [0.15, 0.2) is 77.2 Å². The third-order valence-electron chi connectivity index (χ3n) is 5.41. The standard InChI is InChI=1S/C24H20N4O3/c29-21(13-16-10-11-17-6-4-5-7-18(17)12-16)25-24-27-26-23(31-24)19-14-22(30)28(15-19)20-8-2-1-3-9-20/h1-12,19H,13-15H2,(H,25,27,29). The van der Waals surface area contributed by atoms with E-state index in [2.05, 4.69) is 15.5 Å². The zero-order valence-corrected chi connectivity index (χ0v) is 16.7. The van der Waals surface area contributed by atoms with E-state index in [4.69, 9.17) is 4.42 Å². The van der Waals surface area contributed by atoms with Crippen molar-refractivity contribution < 1.29 is 14.0 Å². The first kappa shape index (κ1) is 19.0. The van der Waals surface area contributed by atoms with E-state index in [0.29, 0.717) is 18.9 Å². The Morgan fingerprint density at radius 3 is 2.61 bits per heavy atom. The lowest BCUT2D eigenvalue weighted by Gasteiger charge is -2.15. The van der Waals surface area contributed by atoms with Gasteiger partial charge in [0.2, 0.25) is 17.7 Å². The lowest BCUT2D eigenvalue weighted by Crippen LogP contribution is -2.24. The summed E-state index contributed by atoms with van der Waals surface area (Å²) in [7, 11) is 0. The highest BCUT2D eigenvalue weighted by atomic mass is 16.4. The topological polar surface area (TPSA) is 88.3 Å². The summed E-state index contributed by atoms with van der Waals surface area (Å²) in [4.78, 5) is 26.6. The van der Waals surface area contributed by atoms with Crippen molar-refractivity contribution in [1.82, 2.24) is 10.2 Å². The number of carbonyl (C=O) groups is 2. The molecule has 0 spiro atoms. The molecule has 1 atom stereocenters. The number of nitrogens with one attached hydrogen (secondary N) is 1. The van der Waals surface area contributed by atoms with Crippen LogP contribution >= 0.6 is 0 Å². The number of benzene rings is 3. The van der Waals surface area contributed by atoms with Gasteiger partial charge in [-0.1, -0.05) is 65.8 Å². The summed E-state index contributed by atoms with van der Waals surface area (Å²) >= 11 is 0. The highest BCUT2D eigenvalue weighted by molar-refractivity contribution is 5.96. The molecule has 1 unspecified atom stereocenters. The first-order valence-electron chi connectivity index (χ1n) is 10.1. The van der Waals surface area contributed by atoms with Gasteiger partial charge >= 0.3 is 6.01 Å². The van der Waals surface area contributed by atoms with E-state index in [0.717, 1.165) is 22.0 Å². The van der Waals surface area contributed by atoms with Gasteiger partial charge in [-0.05, 0) is 28.5 Å². The maximum Gasteiger partial charge on any atom is 0.322 e. The van der Waals surface area contributed by atoms with E-state index in [1.165, 1.54) is 0 Å². The molecule has 7 nitrogen and oxygen atoms in total. The molecule has 3 aromatic carbocycles. The van der Waals surface area contributed by atoms with Crippen LogP contribution in [0.5, 0.6) is 0 Å². The molecule has 2 heterocycles. The summed E-state index contributed by atoms with van der Waals surface area (Å²) in [5, 5.41) is 12.9. The first-order valence-corrected chi connectivity index (χ1v) is 10.1. The molecule has 1 fully saturated rings. The fourth-order valence-corrected chi connectivity index (χ4v) is 3.88. The minimum absolute atomic E-state index is 0.0105. The molecule has 0 bridgehead atoms. The van der Waals surface area contributed by atoms with Gasteiger partial charge in [-0.3, -0.25) is 14.9 Å². The number of anilines is 2. The average Bonchev–Trinajstić information content (AvgIpc) is 3.40. The zero-order valence-electron chi connectivity index (χ0n) is 16.7. The molecule has 5 rings (SSSR count). The second-order valence-electron chi connectivity index (χ2n) is 7.59. The van der Waals surface area contributed by atoms with Crippen LogP contribution in [0.4, 0.5) is 11.7 Å². The summed E-state index contributed by atoms with van der Waals surface area (Å²) in [6.45, 7) is 0.468. The number of nitrogens with zero attached hydrogens (tertiary/aromatic N) is 3. The second-order valence-corrected chi connectivity index (χ2v) is 7.59. The minimum atomic E-state index is -0.237. The normalized spacial score (nSPS) is 16.1. The van der Waals surface area contributed by atoms with Crippen molar-refractivity contribution in [3.05, 3.63) is 84.3 Å². The first-order chi connectivity index (χ1) is 15.2. The number of fused-ring (bicyclic) bond motifs is 1. The Hall–Kier alpha value is -4.00. The summed E-state index contributed by atoms with van der Waals surface area (Å²) in [5.74, 6) is -0.0747. The monoisotopic (exact) mass is 412 g/mol. The number of aromatic nitrogens is 2. The molecule has 7 heteroatoms. The van der Waals surface area contributed by atoms with E-state index in [1.807, 2.05) is 72.8 Å². The number of hydrogen-bond donors (Lipinski definition) is 1. The van der Waals surface area contributed by atoms with Crippen LogP contribution in [0.2, 0.25) is 0 Å². The van der Waals surface area contributed by atoms with Crippen molar-refractivity contribution in [1.29, 1.82) is 0 Å². The molecule has 0 aliphatic carbocycles. The van der Waals surface area contributed by atoms with E-state index in [1.54, 1.807) is 4.90 Å². The maximum atomic E-state index is 12.4.